The summed E-state index contributed by atoms with van der Waals surface area (Å²) in [7, 11) is 1.65. The Balaban J connectivity index is 1.87. The molecule has 0 saturated heterocycles. The predicted molar refractivity (Wildman–Crippen MR) is 137 cm³/mol. The molecule has 4 aromatic carbocycles. The number of methoxy groups -OCH3 is 1. The minimum atomic E-state index is 0.382. The molecule has 1 heterocycles. The number of oxazole rings is 1. The molecule has 0 unspecified atom stereocenters. The topological polar surface area (TPSA) is 39.7 Å². The zero-order chi connectivity index (χ0) is 23.5. The second-order valence-electron chi connectivity index (χ2n) is 7.54. The third-order valence-corrected chi connectivity index (χ3v) is 5.90. The minimum Gasteiger partial charge on any atom is -0.497 e. The summed E-state index contributed by atoms with van der Waals surface area (Å²) in [6, 6.07) is 33.0. The molecule has 0 atom stereocenters. The molecule has 0 amide bonds. The summed E-state index contributed by atoms with van der Waals surface area (Å²) in [4.78, 5) is 4.81. The van der Waals surface area contributed by atoms with Crippen molar-refractivity contribution >= 4 is 28.9 Å². The van der Waals surface area contributed by atoms with Crippen LogP contribution in [0, 0.1) is 0 Å². The molecular formula is C28H20Cl2N2O2. The molecule has 5 aromatic rings. The van der Waals surface area contributed by atoms with Gasteiger partial charge in [0.05, 0.1) is 23.5 Å². The molecule has 0 saturated carbocycles. The van der Waals surface area contributed by atoms with Crippen molar-refractivity contribution in [2.75, 3.05) is 7.11 Å². The third kappa shape index (κ3) is 4.38. The Kier molecular flexibility index (Phi) is 6.26. The highest BCUT2D eigenvalue weighted by Crippen LogP contribution is 2.34. The second kappa shape index (κ2) is 9.64. The molecule has 0 N–H and O–H groups in total. The van der Waals surface area contributed by atoms with Crippen molar-refractivity contribution in [3.8, 4) is 34.0 Å². The number of rotatable bonds is 5. The van der Waals surface area contributed by atoms with Crippen LogP contribution in [0.15, 0.2) is 113 Å². The molecule has 0 aliphatic carbocycles. The van der Waals surface area contributed by atoms with E-state index < -0.39 is 0 Å². The molecular weight excluding hydrogens is 467 g/mol. The van der Waals surface area contributed by atoms with E-state index in [9.17, 15) is 0 Å². The van der Waals surface area contributed by atoms with E-state index in [1.54, 1.807) is 25.3 Å². The predicted octanol–water partition coefficient (Wildman–Crippen LogP) is 7.95. The number of ether oxygens (including phenoxy) is 1. The van der Waals surface area contributed by atoms with Crippen molar-refractivity contribution in [3.05, 3.63) is 119 Å². The lowest BCUT2D eigenvalue weighted by Gasteiger charge is -2.10. The van der Waals surface area contributed by atoms with E-state index in [1.165, 1.54) is 0 Å². The number of hydrogen-bond donors (Lipinski definition) is 0. The molecule has 0 spiro atoms. The summed E-state index contributed by atoms with van der Waals surface area (Å²) < 4.78 is 13.8. The van der Waals surface area contributed by atoms with Gasteiger partial charge in [0.2, 0.25) is 0 Å². The average molecular weight is 487 g/mol. The summed E-state index contributed by atoms with van der Waals surface area (Å²) in [6.45, 7) is 0. The van der Waals surface area contributed by atoms with E-state index in [0.717, 1.165) is 28.3 Å². The summed E-state index contributed by atoms with van der Waals surface area (Å²) >= 11 is 12.6. The van der Waals surface area contributed by atoms with E-state index in [4.69, 9.17) is 37.3 Å². The van der Waals surface area contributed by atoms with Crippen molar-refractivity contribution in [2.24, 2.45) is 4.99 Å². The quantitative estimate of drug-likeness (QED) is 0.252. The van der Waals surface area contributed by atoms with Crippen molar-refractivity contribution in [2.45, 2.75) is 0 Å². The summed E-state index contributed by atoms with van der Waals surface area (Å²) in [5, 5.41) is 0.981. The molecule has 0 radical (unpaired) electrons. The zero-order valence-electron chi connectivity index (χ0n) is 18.3. The van der Waals surface area contributed by atoms with Crippen molar-refractivity contribution in [1.29, 1.82) is 0 Å². The van der Waals surface area contributed by atoms with E-state index in [1.807, 2.05) is 77.4 Å². The van der Waals surface area contributed by atoms with Gasteiger partial charge in [0, 0.05) is 16.1 Å². The highest BCUT2D eigenvalue weighted by Gasteiger charge is 2.20. The highest BCUT2D eigenvalue weighted by molar-refractivity contribution is 6.36. The Morgan fingerprint density at radius 2 is 1.41 bits per heavy atom. The van der Waals surface area contributed by atoms with Gasteiger partial charge < -0.3 is 9.15 Å². The first-order valence-electron chi connectivity index (χ1n) is 10.6. The molecule has 0 bridgehead atoms. The van der Waals surface area contributed by atoms with Crippen molar-refractivity contribution in [1.82, 2.24) is 4.57 Å². The Labute approximate surface area is 207 Å². The van der Waals surface area contributed by atoms with Crippen molar-refractivity contribution in [3.63, 3.8) is 0 Å². The van der Waals surface area contributed by atoms with E-state index in [-0.39, 0.29) is 0 Å². The maximum atomic E-state index is 6.46. The van der Waals surface area contributed by atoms with Crippen LogP contribution in [0.5, 0.6) is 5.75 Å². The average Bonchev–Trinajstić information content (AvgIpc) is 3.26. The van der Waals surface area contributed by atoms with Gasteiger partial charge >= 0.3 is 5.68 Å². The lowest BCUT2D eigenvalue weighted by Crippen LogP contribution is -2.15. The van der Waals surface area contributed by atoms with Crippen LogP contribution in [0.1, 0.15) is 0 Å². The number of halogens is 2. The first-order chi connectivity index (χ1) is 16.6. The Hall–Kier alpha value is -3.73. The minimum absolute atomic E-state index is 0.382. The van der Waals surface area contributed by atoms with Gasteiger partial charge in [-0.3, -0.25) is 4.57 Å². The lowest BCUT2D eigenvalue weighted by molar-refractivity contribution is 0.414. The van der Waals surface area contributed by atoms with Crippen LogP contribution < -0.4 is 10.4 Å². The van der Waals surface area contributed by atoms with Gasteiger partial charge in [-0.1, -0.05) is 83.9 Å². The van der Waals surface area contributed by atoms with Gasteiger partial charge in [-0.25, -0.2) is 0 Å². The van der Waals surface area contributed by atoms with Crippen LogP contribution >= 0.6 is 23.2 Å². The van der Waals surface area contributed by atoms with Crippen LogP contribution in [0.2, 0.25) is 10.0 Å². The fraction of sp³-hybridized carbons (Fsp3) is 0.0357. The van der Waals surface area contributed by atoms with Gasteiger partial charge in [-0.15, -0.1) is 0 Å². The monoisotopic (exact) mass is 486 g/mol. The molecule has 0 aliphatic rings. The normalized spacial score (nSPS) is 11.6. The molecule has 34 heavy (non-hydrogen) atoms. The largest absolute Gasteiger partial charge is 0.497 e. The number of aromatic nitrogens is 1. The van der Waals surface area contributed by atoms with Crippen LogP contribution in [0.4, 0.5) is 5.69 Å². The molecule has 4 nitrogen and oxygen atoms in total. The van der Waals surface area contributed by atoms with E-state index in [2.05, 4.69) is 12.1 Å². The molecule has 0 aliphatic heterocycles. The number of benzene rings is 4. The SMILES string of the molecule is COc1ccc(-n2c(-c3ccccc3)c(-c3ccccc3)oc2=Nc2ccc(Cl)cc2Cl)cc1. The highest BCUT2D eigenvalue weighted by atomic mass is 35.5. The molecule has 6 heteroatoms. The van der Waals surface area contributed by atoms with Gasteiger partial charge in [-0.05, 0) is 42.5 Å². The fourth-order valence-corrected chi connectivity index (χ4v) is 4.19. The Morgan fingerprint density at radius 3 is 2.03 bits per heavy atom. The van der Waals surface area contributed by atoms with Crippen molar-refractivity contribution < 1.29 is 9.15 Å². The number of hydrogen-bond acceptors (Lipinski definition) is 3. The number of nitrogens with zero attached hydrogens (tertiary/aromatic N) is 2. The third-order valence-electron chi connectivity index (χ3n) is 5.36. The maximum Gasteiger partial charge on any atom is 0.307 e. The Bertz CT molecular complexity index is 1490. The zero-order valence-corrected chi connectivity index (χ0v) is 19.8. The lowest BCUT2D eigenvalue weighted by atomic mass is 10.1. The standard InChI is InChI=1S/C28H20Cl2N2O2/c1-33-23-15-13-22(14-16-23)32-26(19-8-4-2-5-9-19)27(20-10-6-3-7-11-20)34-28(32)31-25-17-12-21(29)18-24(25)30/h2-18H,1H3. The van der Waals surface area contributed by atoms with E-state index in [0.29, 0.717) is 27.2 Å². The maximum absolute atomic E-state index is 6.46. The molecule has 0 fully saturated rings. The first-order valence-corrected chi connectivity index (χ1v) is 11.4. The molecule has 5 rings (SSSR count). The van der Waals surface area contributed by atoms with Gasteiger partial charge in [0.1, 0.15) is 11.4 Å². The summed E-state index contributed by atoms with van der Waals surface area (Å²) in [5.41, 5.74) is 4.61. The molecule has 1 aromatic heterocycles. The smallest absolute Gasteiger partial charge is 0.307 e. The van der Waals surface area contributed by atoms with Gasteiger partial charge in [0.15, 0.2) is 5.76 Å². The van der Waals surface area contributed by atoms with Crippen LogP contribution in [-0.4, -0.2) is 11.7 Å². The Morgan fingerprint density at radius 1 is 0.765 bits per heavy atom. The van der Waals surface area contributed by atoms with Gasteiger partial charge in [0.25, 0.3) is 0 Å². The fourth-order valence-electron chi connectivity index (χ4n) is 3.74. The van der Waals surface area contributed by atoms with Crippen LogP contribution in [-0.2, 0) is 0 Å². The van der Waals surface area contributed by atoms with Gasteiger partial charge in [-0.2, -0.15) is 4.99 Å². The summed E-state index contributed by atoms with van der Waals surface area (Å²) in [6.07, 6.45) is 0. The van der Waals surface area contributed by atoms with E-state index >= 15 is 0 Å². The van der Waals surface area contributed by atoms with Crippen LogP contribution in [0.3, 0.4) is 0 Å². The first kappa shape index (κ1) is 22.1. The second-order valence-corrected chi connectivity index (χ2v) is 8.38. The molecule has 168 valence electrons. The summed E-state index contributed by atoms with van der Waals surface area (Å²) in [5.74, 6) is 1.46. The van der Waals surface area contributed by atoms with Crippen LogP contribution in [0.25, 0.3) is 28.3 Å².